The van der Waals surface area contributed by atoms with E-state index in [0.29, 0.717) is 10.5 Å². The third-order valence-electron chi connectivity index (χ3n) is 3.39. The van der Waals surface area contributed by atoms with Crippen molar-refractivity contribution >= 4 is 46.2 Å². The standard InChI is InChI=1S/C18H13NO2S2/c1-12-7-9-14(10-8-12)16(20)19-17(21)15(23-18(19)22)11-13-5-3-2-4-6-13/h2-11H,1H3/b15-11-. The van der Waals surface area contributed by atoms with Gasteiger partial charge in [0.25, 0.3) is 11.8 Å². The van der Waals surface area contributed by atoms with Gasteiger partial charge in [-0.15, -0.1) is 0 Å². The second-order valence-corrected chi connectivity index (χ2v) is 6.77. The lowest BCUT2D eigenvalue weighted by Crippen LogP contribution is -2.34. The molecule has 0 N–H and O–H groups in total. The molecule has 1 saturated heterocycles. The zero-order valence-electron chi connectivity index (χ0n) is 12.4. The molecule has 23 heavy (non-hydrogen) atoms. The number of benzene rings is 2. The minimum atomic E-state index is -0.385. The number of carbonyl (C=O) groups excluding carboxylic acids is 2. The third kappa shape index (κ3) is 3.25. The van der Waals surface area contributed by atoms with Crippen molar-refractivity contribution in [3.05, 3.63) is 76.2 Å². The highest BCUT2D eigenvalue weighted by molar-refractivity contribution is 8.26. The van der Waals surface area contributed by atoms with Crippen LogP contribution in [0, 0.1) is 6.92 Å². The molecule has 3 nitrogen and oxygen atoms in total. The molecule has 2 aromatic rings. The average molecular weight is 339 g/mol. The van der Waals surface area contributed by atoms with Gasteiger partial charge in [-0.05, 0) is 30.7 Å². The molecule has 1 fully saturated rings. The van der Waals surface area contributed by atoms with Gasteiger partial charge < -0.3 is 0 Å². The van der Waals surface area contributed by atoms with Crippen molar-refractivity contribution in [2.45, 2.75) is 6.92 Å². The van der Waals surface area contributed by atoms with Gasteiger partial charge in [0.05, 0.1) is 4.91 Å². The van der Waals surface area contributed by atoms with Crippen LogP contribution >= 0.6 is 24.0 Å². The molecule has 1 heterocycles. The smallest absolute Gasteiger partial charge is 0.268 e. The van der Waals surface area contributed by atoms with Gasteiger partial charge in [0.2, 0.25) is 0 Å². The third-order valence-corrected chi connectivity index (χ3v) is 4.69. The molecule has 0 radical (unpaired) electrons. The zero-order valence-corrected chi connectivity index (χ0v) is 14.0. The largest absolute Gasteiger partial charge is 0.273 e. The van der Waals surface area contributed by atoms with Gasteiger partial charge in [-0.2, -0.15) is 0 Å². The van der Waals surface area contributed by atoms with Crippen LogP contribution in [-0.4, -0.2) is 21.0 Å². The highest BCUT2D eigenvalue weighted by Gasteiger charge is 2.37. The van der Waals surface area contributed by atoms with Crippen LogP contribution in [0.25, 0.3) is 6.08 Å². The minimum Gasteiger partial charge on any atom is -0.268 e. The Kier molecular flexibility index (Phi) is 4.41. The molecule has 0 spiro atoms. The van der Waals surface area contributed by atoms with Crippen LogP contribution in [0.3, 0.4) is 0 Å². The van der Waals surface area contributed by atoms with E-state index in [2.05, 4.69) is 0 Å². The molecule has 0 aliphatic carbocycles. The molecule has 0 bridgehead atoms. The second kappa shape index (κ2) is 6.48. The van der Waals surface area contributed by atoms with Crippen molar-refractivity contribution in [2.24, 2.45) is 0 Å². The van der Waals surface area contributed by atoms with E-state index < -0.39 is 0 Å². The van der Waals surface area contributed by atoms with Gasteiger partial charge in [0, 0.05) is 5.56 Å². The molecular weight excluding hydrogens is 326 g/mol. The summed E-state index contributed by atoms with van der Waals surface area (Å²) in [5.74, 6) is -0.751. The van der Waals surface area contributed by atoms with Crippen LogP contribution in [-0.2, 0) is 4.79 Å². The fourth-order valence-electron chi connectivity index (χ4n) is 2.17. The fourth-order valence-corrected chi connectivity index (χ4v) is 3.42. The molecule has 5 heteroatoms. The number of hydrogen-bond acceptors (Lipinski definition) is 4. The van der Waals surface area contributed by atoms with E-state index in [4.69, 9.17) is 12.2 Å². The monoisotopic (exact) mass is 339 g/mol. The van der Waals surface area contributed by atoms with Crippen molar-refractivity contribution in [1.29, 1.82) is 0 Å². The topological polar surface area (TPSA) is 37.4 Å². The summed E-state index contributed by atoms with van der Waals surface area (Å²) in [6.45, 7) is 1.94. The first-order valence-electron chi connectivity index (χ1n) is 7.00. The summed E-state index contributed by atoms with van der Waals surface area (Å²) in [6.07, 6.45) is 1.75. The van der Waals surface area contributed by atoms with Crippen LogP contribution in [0.4, 0.5) is 0 Å². The van der Waals surface area contributed by atoms with Crippen molar-refractivity contribution in [2.75, 3.05) is 0 Å². The van der Waals surface area contributed by atoms with E-state index >= 15 is 0 Å². The quantitative estimate of drug-likeness (QED) is 0.470. The van der Waals surface area contributed by atoms with E-state index in [0.717, 1.165) is 27.8 Å². The lowest BCUT2D eigenvalue weighted by Gasteiger charge is -2.12. The summed E-state index contributed by atoms with van der Waals surface area (Å²) in [4.78, 5) is 26.6. The number of imide groups is 1. The van der Waals surface area contributed by atoms with Gasteiger partial charge in [-0.3, -0.25) is 9.59 Å². The lowest BCUT2D eigenvalue weighted by molar-refractivity contribution is -0.120. The molecule has 114 valence electrons. The summed E-state index contributed by atoms with van der Waals surface area (Å²) in [6, 6.07) is 16.6. The summed E-state index contributed by atoms with van der Waals surface area (Å²) in [5.41, 5.74) is 2.40. The summed E-state index contributed by atoms with van der Waals surface area (Å²) >= 11 is 6.37. The van der Waals surface area contributed by atoms with Gasteiger partial charge in [-0.1, -0.05) is 72.0 Å². The second-order valence-electron chi connectivity index (χ2n) is 5.10. The van der Waals surface area contributed by atoms with Crippen LogP contribution in [0.5, 0.6) is 0 Å². The zero-order chi connectivity index (χ0) is 16.4. The Morgan fingerprint density at radius 3 is 2.39 bits per heavy atom. The van der Waals surface area contributed by atoms with Crippen LogP contribution in [0.2, 0.25) is 0 Å². The van der Waals surface area contributed by atoms with E-state index in [1.165, 1.54) is 0 Å². The number of thioether (sulfide) groups is 1. The van der Waals surface area contributed by atoms with E-state index in [1.807, 2.05) is 49.4 Å². The lowest BCUT2D eigenvalue weighted by atomic mass is 10.1. The minimum absolute atomic E-state index is 0.266. The Labute approximate surface area is 144 Å². The molecule has 0 saturated carbocycles. The molecule has 1 aliphatic rings. The number of carbonyl (C=O) groups is 2. The Morgan fingerprint density at radius 2 is 1.74 bits per heavy atom. The van der Waals surface area contributed by atoms with Crippen molar-refractivity contribution in [3.63, 3.8) is 0 Å². The predicted molar refractivity (Wildman–Crippen MR) is 97.0 cm³/mol. The summed E-state index contributed by atoms with van der Waals surface area (Å²) in [7, 11) is 0. The number of hydrogen-bond donors (Lipinski definition) is 0. The van der Waals surface area contributed by atoms with Gasteiger partial charge in [0.1, 0.15) is 0 Å². The maximum absolute atomic E-state index is 12.6. The van der Waals surface area contributed by atoms with Crippen LogP contribution in [0.15, 0.2) is 59.5 Å². The first-order chi connectivity index (χ1) is 11.1. The van der Waals surface area contributed by atoms with Crippen molar-refractivity contribution in [1.82, 2.24) is 4.90 Å². The Morgan fingerprint density at radius 1 is 1.09 bits per heavy atom. The molecular formula is C18H13NO2S2. The number of thiocarbonyl (C=S) groups is 1. The first kappa shape index (κ1) is 15.6. The molecule has 0 unspecified atom stereocenters. The van der Waals surface area contributed by atoms with Crippen molar-refractivity contribution < 1.29 is 9.59 Å². The number of aryl methyl sites for hydroxylation is 1. The summed E-state index contributed by atoms with van der Waals surface area (Å²) < 4.78 is 0.266. The molecule has 0 aromatic heterocycles. The van der Waals surface area contributed by atoms with Crippen LogP contribution < -0.4 is 0 Å². The number of amides is 2. The van der Waals surface area contributed by atoms with Gasteiger partial charge in [-0.25, -0.2) is 4.90 Å². The fraction of sp³-hybridized carbons (Fsp3) is 0.0556. The Hall–Kier alpha value is -2.24. The maximum atomic E-state index is 12.6. The predicted octanol–water partition coefficient (Wildman–Crippen LogP) is 4.04. The Bertz CT molecular complexity index is 811. The van der Waals surface area contributed by atoms with Crippen molar-refractivity contribution in [3.8, 4) is 0 Å². The maximum Gasteiger partial charge on any atom is 0.273 e. The molecule has 1 aliphatic heterocycles. The molecule has 0 atom stereocenters. The van der Waals surface area contributed by atoms with Crippen LogP contribution in [0.1, 0.15) is 21.5 Å². The molecule has 2 amide bonds. The molecule has 3 rings (SSSR count). The molecule has 2 aromatic carbocycles. The van der Waals surface area contributed by atoms with E-state index in [1.54, 1.807) is 18.2 Å². The first-order valence-corrected chi connectivity index (χ1v) is 8.23. The van der Waals surface area contributed by atoms with E-state index in [-0.39, 0.29) is 16.1 Å². The number of rotatable bonds is 2. The normalized spacial score (nSPS) is 16.2. The van der Waals surface area contributed by atoms with Gasteiger partial charge in [0.15, 0.2) is 4.32 Å². The average Bonchev–Trinajstić information content (AvgIpc) is 2.82. The summed E-state index contributed by atoms with van der Waals surface area (Å²) in [5, 5.41) is 0. The van der Waals surface area contributed by atoms with E-state index in [9.17, 15) is 9.59 Å². The Balaban J connectivity index is 1.88. The number of nitrogens with zero attached hydrogens (tertiary/aromatic N) is 1. The highest BCUT2D eigenvalue weighted by atomic mass is 32.2. The van der Waals surface area contributed by atoms with Gasteiger partial charge >= 0.3 is 0 Å². The SMILES string of the molecule is Cc1ccc(C(=O)N2C(=O)/C(=C/c3ccccc3)SC2=S)cc1. The highest BCUT2D eigenvalue weighted by Crippen LogP contribution is 2.33.